The maximum Gasteiger partial charge on any atom is 0.159 e. The first-order chi connectivity index (χ1) is 11.1. The fraction of sp³-hybridized carbons (Fsp3) is 0.316. The van der Waals surface area contributed by atoms with Crippen molar-refractivity contribution in [1.82, 2.24) is 0 Å². The predicted molar refractivity (Wildman–Crippen MR) is 89.5 cm³/mol. The Balaban J connectivity index is 1.55. The lowest BCUT2D eigenvalue weighted by Crippen LogP contribution is -3.13. The van der Waals surface area contributed by atoms with Crippen LogP contribution in [0, 0.1) is 5.82 Å². The number of nitrogens with zero attached hydrogens (tertiary/aromatic N) is 1. The van der Waals surface area contributed by atoms with E-state index in [1.807, 2.05) is 36.4 Å². The summed E-state index contributed by atoms with van der Waals surface area (Å²) in [7, 11) is 0. The topological polar surface area (TPSA) is 24.8 Å². The predicted octanol–water partition coefficient (Wildman–Crippen LogP) is 1.93. The standard InChI is InChI=1S/C19H21FN2O/c1-15(23)17-4-8-19(9-5-17)22-12-10-21(11-13-22)14-16-2-6-18(20)7-3-16/h2-9H,10-14H2,1H3/p+1. The minimum atomic E-state index is -0.178. The molecule has 0 atom stereocenters. The molecule has 1 saturated heterocycles. The van der Waals surface area contributed by atoms with Gasteiger partial charge < -0.3 is 9.80 Å². The van der Waals surface area contributed by atoms with Crippen LogP contribution in [-0.4, -0.2) is 32.0 Å². The molecule has 0 unspecified atom stereocenters. The fourth-order valence-corrected chi connectivity index (χ4v) is 3.06. The van der Waals surface area contributed by atoms with Crippen LogP contribution in [0.1, 0.15) is 22.8 Å². The van der Waals surface area contributed by atoms with E-state index in [4.69, 9.17) is 0 Å². The molecule has 120 valence electrons. The lowest BCUT2D eigenvalue weighted by atomic mass is 10.1. The number of halogens is 1. The molecule has 1 N–H and O–H groups in total. The van der Waals surface area contributed by atoms with E-state index in [1.54, 1.807) is 6.92 Å². The molecule has 0 bridgehead atoms. The molecular weight excluding hydrogens is 291 g/mol. The summed E-state index contributed by atoms with van der Waals surface area (Å²) in [6, 6.07) is 14.7. The molecule has 0 aromatic heterocycles. The molecule has 0 spiro atoms. The van der Waals surface area contributed by atoms with Gasteiger partial charge in [0.1, 0.15) is 12.4 Å². The lowest BCUT2D eigenvalue weighted by Gasteiger charge is -2.33. The van der Waals surface area contributed by atoms with Gasteiger partial charge in [-0.2, -0.15) is 0 Å². The second-order valence-electron chi connectivity index (χ2n) is 6.14. The summed E-state index contributed by atoms with van der Waals surface area (Å²) < 4.78 is 12.9. The number of benzene rings is 2. The smallest absolute Gasteiger partial charge is 0.159 e. The molecule has 3 rings (SSSR count). The molecule has 1 aliphatic heterocycles. The molecule has 0 aliphatic carbocycles. The third-order valence-electron chi connectivity index (χ3n) is 4.48. The van der Waals surface area contributed by atoms with Crippen molar-refractivity contribution in [2.75, 3.05) is 31.1 Å². The van der Waals surface area contributed by atoms with E-state index < -0.39 is 0 Å². The molecule has 1 heterocycles. The van der Waals surface area contributed by atoms with E-state index in [9.17, 15) is 9.18 Å². The summed E-state index contributed by atoms with van der Waals surface area (Å²) in [5, 5.41) is 0. The van der Waals surface area contributed by atoms with Gasteiger partial charge in [-0.1, -0.05) is 12.1 Å². The van der Waals surface area contributed by atoms with Crippen LogP contribution in [0.2, 0.25) is 0 Å². The molecule has 1 fully saturated rings. The minimum Gasteiger partial charge on any atom is -0.360 e. The zero-order valence-corrected chi connectivity index (χ0v) is 13.4. The summed E-state index contributed by atoms with van der Waals surface area (Å²) in [4.78, 5) is 15.2. The Bertz CT molecular complexity index is 659. The highest BCUT2D eigenvalue weighted by Crippen LogP contribution is 2.15. The first-order valence-corrected chi connectivity index (χ1v) is 8.06. The number of ketones is 1. The summed E-state index contributed by atoms with van der Waals surface area (Å²) in [6.45, 7) is 6.65. The van der Waals surface area contributed by atoms with Gasteiger partial charge in [-0.15, -0.1) is 0 Å². The Hall–Kier alpha value is -2.20. The van der Waals surface area contributed by atoms with Crippen molar-refractivity contribution in [1.29, 1.82) is 0 Å². The molecule has 0 radical (unpaired) electrons. The van der Waals surface area contributed by atoms with Gasteiger partial charge in [-0.25, -0.2) is 4.39 Å². The molecule has 3 nitrogen and oxygen atoms in total. The normalized spacial score (nSPS) is 15.7. The average Bonchev–Trinajstić information content (AvgIpc) is 2.58. The zero-order chi connectivity index (χ0) is 16.2. The number of hydrogen-bond donors (Lipinski definition) is 1. The molecule has 2 aromatic carbocycles. The molecule has 23 heavy (non-hydrogen) atoms. The highest BCUT2D eigenvalue weighted by Gasteiger charge is 2.20. The van der Waals surface area contributed by atoms with E-state index >= 15 is 0 Å². The number of anilines is 1. The second-order valence-corrected chi connectivity index (χ2v) is 6.14. The van der Waals surface area contributed by atoms with Crippen LogP contribution < -0.4 is 9.80 Å². The number of nitrogens with one attached hydrogen (secondary N) is 1. The molecule has 0 saturated carbocycles. The van der Waals surface area contributed by atoms with Crippen LogP contribution in [0.15, 0.2) is 48.5 Å². The van der Waals surface area contributed by atoms with Gasteiger partial charge in [0.2, 0.25) is 0 Å². The van der Waals surface area contributed by atoms with Crippen LogP contribution in [0.4, 0.5) is 10.1 Å². The minimum absolute atomic E-state index is 0.102. The summed E-state index contributed by atoms with van der Waals surface area (Å²) in [6.07, 6.45) is 0. The van der Waals surface area contributed by atoms with Gasteiger partial charge in [-0.05, 0) is 43.3 Å². The monoisotopic (exact) mass is 313 g/mol. The largest absolute Gasteiger partial charge is 0.360 e. The summed E-state index contributed by atoms with van der Waals surface area (Å²) in [5.74, 6) is -0.0762. The van der Waals surface area contributed by atoms with Gasteiger partial charge in [0.15, 0.2) is 5.78 Å². The van der Waals surface area contributed by atoms with Crippen molar-refractivity contribution in [2.24, 2.45) is 0 Å². The Kier molecular flexibility index (Phi) is 4.72. The number of rotatable bonds is 4. The average molecular weight is 313 g/mol. The number of carbonyl (C=O) groups is 1. The molecule has 0 amide bonds. The van der Waals surface area contributed by atoms with E-state index in [2.05, 4.69) is 4.90 Å². The Morgan fingerprint density at radius 2 is 1.65 bits per heavy atom. The maximum atomic E-state index is 12.9. The Labute approximate surface area is 136 Å². The van der Waals surface area contributed by atoms with Crippen molar-refractivity contribution in [3.05, 3.63) is 65.5 Å². The van der Waals surface area contributed by atoms with Gasteiger partial charge in [0, 0.05) is 16.8 Å². The Morgan fingerprint density at radius 1 is 1.04 bits per heavy atom. The summed E-state index contributed by atoms with van der Waals surface area (Å²) >= 11 is 0. The van der Waals surface area contributed by atoms with E-state index in [1.165, 1.54) is 28.3 Å². The van der Waals surface area contributed by atoms with Gasteiger partial charge in [0.05, 0.1) is 26.2 Å². The van der Waals surface area contributed by atoms with E-state index in [-0.39, 0.29) is 11.6 Å². The highest BCUT2D eigenvalue weighted by atomic mass is 19.1. The first kappa shape index (κ1) is 15.7. The highest BCUT2D eigenvalue weighted by molar-refractivity contribution is 5.94. The van der Waals surface area contributed by atoms with Crippen molar-refractivity contribution < 1.29 is 14.1 Å². The number of piperazine rings is 1. The first-order valence-electron chi connectivity index (χ1n) is 8.06. The Morgan fingerprint density at radius 3 is 2.22 bits per heavy atom. The third kappa shape index (κ3) is 3.96. The van der Waals surface area contributed by atoms with Crippen molar-refractivity contribution in [3.63, 3.8) is 0 Å². The molecule has 1 aliphatic rings. The van der Waals surface area contributed by atoms with Crippen LogP contribution in [-0.2, 0) is 6.54 Å². The zero-order valence-electron chi connectivity index (χ0n) is 13.4. The van der Waals surface area contributed by atoms with Crippen molar-refractivity contribution in [2.45, 2.75) is 13.5 Å². The van der Waals surface area contributed by atoms with Crippen LogP contribution >= 0.6 is 0 Å². The lowest BCUT2D eigenvalue weighted by molar-refractivity contribution is -0.914. The third-order valence-corrected chi connectivity index (χ3v) is 4.48. The van der Waals surface area contributed by atoms with E-state index in [0.29, 0.717) is 0 Å². The van der Waals surface area contributed by atoms with Crippen molar-refractivity contribution in [3.8, 4) is 0 Å². The number of Topliss-reactive ketones (excluding diaryl/α,β-unsaturated/α-hetero) is 1. The van der Waals surface area contributed by atoms with Crippen molar-refractivity contribution >= 4 is 11.5 Å². The van der Waals surface area contributed by atoms with Crippen LogP contribution in [0.5, 0.6) is 0 Å². The van der Waals surface area contributed by atoms with Crippen LogP contribution in [0.25, 0.3) is 0 Å². The second kappa shape index (κ2) is 6.92. The van der Waals surface area contributed by atoms with Gasteiger partial charge in [0.25, 0.3) is 0 Å². The SMILES string of the molecule is CC(=O)c1ccc(N2CC[NH+](Cc3ccc(F)cc3)CC2)cc1. The van der Waals surface area contributed by atoms with Gasteiger partial charge >= 0.3 is 0 Å². The van der Waals surface area contributed by atoms with E-state index in [0.717, 1.165) is 38.3 Å². The summed E-state index contributed by atoms with van der Waals surface area (Å²) in [5.41, 5.74) is 3.12. The number of quaternary nitrogens is 1. The molecular formula is C19H22FN2O+. The number of carbonyl (C=O) groups excluding carboxylic acids is 1. The fourth-order valence-electron chi connectivity index (χ4n) is 3.06. The maximum absolute atomic E-state index is 12.9. The van der Waals surface area contributed by atoms with Crippen LogP contribution in [0.3, 0.4) is 0 Å². The van der Waals surface area contributed by atoms with Gasteiger partial charge in [-0.3, -0.25) is 4.79 Å². The number of hydrogen-bond acceptors (Lipinski definition) is 2. The molecule has 4 heteroatoms. The quantitative estimate of drug-likeness (QED) is 0.873. The molecule has 2 aromatic rings.